The number of aryl methyl sites for hydroxylation is 2. The number of hydrogen-bond acceptors (Lipinski definition) is 3. The van der Waals surface area contributed by atoms with Crippen LogP contribution in [0.2, 0.25) is 0 Å². The van der Waals surface area contributed by atoms with Crippen molar-refractivity contribution in [1.29, 1.82) is 0 Å². The smallest absolute Gasteiger partial charge is 0.243 e. The number of rotatable bonds is 6. The zero-order valence-corrected chi connectivity index (χ0v) is 15.9. The van der Waals surface area contributed by atoms with Crippen molar-refractivity contribution in [3.8, 4) is 0 Å². The van der Waals surface area contributed by atoms with Crippen molar-refractivity contribution in [2.24, 2.45) is 0 Å². The van der Waals surface area contributed by atoms with Gasteiger partial charge in [0.25, 0.3) is 0 Å². The van der Waals surface area contributed by atoms with Crippen LogP contribution in [0.4, 0.5) is 5.69 Å². The third-order valence-electron chi connectivity index (χ3n) is 4.15. The monoisotopic (exact) mass is 360 g/mol. The molecule has 134 valence electrons. The van der Waals surface area contributed by atoms with E-state index in [4.69, 9.17) is 0 Å². The van der Waals surface area contributed by atoms with Crippen molar-refractivity contribution >= 4 is 21.6 Å². The molecule has 0 aliphatic rings. The lowest BCUT2D eigenvalue weighted by atomic mass is 10.1. The topological polar surface area (TPSA) is 57.7 Å². The predicted octanol–water partition coefficient (Wildman–Crippen LogP) is 2.73. The van der Waals surface area contributed by atoms with Crippen molar-refractivity contribution in [1.82, 2.24) is 4.90 Å². The van der Waals surface area contributed by atoms with Gasteiger partial charge in [-0.1, -0.05) is 36.4 Å². The van der Waals surface area contributed by atoms with E-state index in [2.05, 4.69) is 0 Å². The van der Waals surface area contributed by atoms with E-state index in [1.165, 1.54) is 4.90 Å². The number of nitrogens with zero attached hydrogens (tertiary/aromatic N) is 2. The molecule has 0 aliphatic carbocycles. The average Bonchev–Trinajstić information content (AvgIpc) is 2.55. The molecule has 0 N–H and O–H groups in total. The van der Waals surface area contributed by atoms with Gasteiger partial charge in [-0.3, -0.25) is 9.10 Å². The lowest BCUT2D eigenvalue weighted by Gasteiger charge is -2.25. The summed E-state index contributed by atoms with van der Waals surface area (Å²) in [6.07, 6.45) is 1.12. The fraction of sp³-hybridized carbons (Fsp3) is 0.316. The summed E-state index contributed by atoms with van der Waals surface area (Å²) >= 11 is 0. The molecule has 5 nitrogen and oxygen atoms in total. The van der Waals surface area contributed by atoms with Crippen LogP contribution in [-0.4, -0.2) is 39.1 Å². The SMILES string of the molecule is Cc1ccc(N(CC(=O)N(C)Cc2ccccc2)S(C)(=O)=O)cc1C. The Morgan fingerprint density at radius 2 is 1.64 bits per heavy atom. The van der Waals surface area contributed by atoms with Gasteiger partial charge in [0.05, 0.1) is 11.9 Å². The van der Waals surface area contributed by atoms with E-state index in [0.29, 0.717) is 12.2 Å². The van der Waals surface area contributed by atoms with Crippen molar-refractivity contribution in [2.45, 2.75) is 20.4 Å². The molecular weight excluding hydrogens is 336 g/mol. The summed E-state index contributed by atoms with van der Waals surface area (Å²) in [6, 6.07) is 15.0. The Kier molecular flexibility index (Phi) is 5.85. The molecule has 25 heavy (non-hydrogen) atoms. The maximum absolute atomic E-state index is 12.5. The maximum Gasteiger partial charge on any atom is 0.243 e. The molecule has 0 radical (unpaired) electrons. The third kappa shape index (κ3) is 5.06. The molecule has 2 rings (SSSR count). The second-order valence-corrected chi connectivity index (χ2v) is 8.18. The number of likely N-dealkylation sites (N-methyl/N-ethyl adjacent to an activating group) is 1. The van der Waals surface area contributed by atoms with Crippen molar-refractivity contribution in [3.05, 3.63) is 65.2 Å². The Labute approximate surface area is 149 Å². The van der Waals surface area contributed by atoms with Crippen molar-refractivity contribution < 1.29 is 13.2 Å². The van der Waals surface area contributed by atoms with Crippen LogP contribution >= 0.6 is 0 Å². The van der Waals surface area contributed by atoms with Crippen LogP contribution < -0.4 is 4.31 Å². The van der Waals surface area contributed by atoms with Crippen LogP contribution in [0.5, 0.6) is 0 Å². The van der Waals surface area contributed by atoms with Gasteiger partial charge in [-0.05, 0) is 42.7 Å². The van der Waals surface area contributed by atoms with Gasteiger partial charge in [-0.15, -0.1) is 0 Å². The average molecular weight is 360 g/mol. The first-order chi connectivity index (χ1) is 11.7. The van der Waals surface area contributed by atoms with E-state index in [1.54, 1.807) is 19.2 Å². The summed E-state index contributed by atoms with van der Waals surface area (Å²) < 4.78 is 25.6. The van der Waals surface area contributed by atoms with Crippen molar-refractivity contribution in [3.63, 3.8) is 0 Å². The second kappa shape index (κ2) is 7.70. The van der Waals surface area contributed by atoms with Gasteiger partial charge in [-0.25, -0.2) is 8.42 Å². The van der Waals surface area contributed by atoms with Crippen molar-refractivity contribution in [2.75, 3.05) is 24.2 Å². The van der Waals surface area contributed by atoms with E-state index in [0.717, 1.165) is 27.3 Å². The minimum absolute atomic E-state index is 0.218. The Morgan fingerprint density at radius 1 is 1.00 bits per heavy atom. The van der Waals surface area contributed by atoms with Crippen LogP contribution in [0.25, 0.3) is 0 Å². The molecule has 0 unspecified atom stereocenters. The molecule has 0 saturated carbocycles. The predicted molar refractivity (Wildman–Crippen MR) is 101 cm³/mol. The molecular formula is C19H24N2O3S. The highest BCUT2D eigenvalue weighted by Gasteiger charge is 2.23. The van der Waals surface area contributed by atoms with Crippen LogP contribution in [-0.2, 0) is 21.4 Å². The number of sulfonamides is 1. The highest BCUT2D eigenvalue weighted by molar-refractivity contribution is 7.92. The van der Waals surface area contributed by atoms with Gasteiger partial charge < -0.3 is 4.90 Å². The molecule has 2 aromatic rings. The molecule has 0 heterocycles. The first-order valence-corrected chi connectivity index (χ1v) is 9.86. The molecule has 1 amide bonds. The van der Waals surface area contributed by atoms with Gasteiger partial charge >= 0.3 is 0 Å². The molecule has 6 heteroatoms. The number of carbonyl (C=O) groups is 1. The molecule has 0 aromatic heterocycles. The van der Waals surface area contributed by atoms with Gasteiger partial charge in [0.15, 0.2) is 0 Å². The minimum atomic E-state index is -3.56. The van der Waals surface area contributed by atoms with Crippen LogP contribution in [0.15, 0.2) is 48.5 Å². The summed E-state index contributed by atoms with van der Waals surface area (Å²) in [5, 5.41) is 0. The van der Waals surface area contributed by atoms with Gasteiger partial charge in [0.2, 0.25) is 15.9 Å². The quantitative estimate of drug-likeness (QED) is 0.796. The summed E-state index contributed by atoms with van der Waals surface area (Å²) in [6.45, 7) is 4.10. The van der Waals surface area contributed by atoms with Gasteiger partial charge in [0, 0.05) is 13.6 Å². The van der Waals surface area contributed by atoms with E-state index in [1.807, 2.05) is 50.2 Å². The fourth-order valence-electron chi connectivity index (χ4n) is 2.47. The summed E-state index contributed by atoms with van der Waals surface area (Å²) in [5.41, 5.74) is 3.56. The Morgan fingerprint density at radius 3 is 2.20 bits per heavy atom. The molecule has 0 saturated heterocycles. The lowest BCUT2D eigenvalue weighted by Crippen LogP contribution is -2.41. The number of hydrogen-bond donors (Lipinski definition) is 0. The highest BCUT2D eigenvalue weighted by atomic mass is 32.2. The minimum Gasteiger partial charge on any atom is -0.340 e. The molecule has 0 aliphatic heterocycles. The first-order valence-electron chi connectivity index (χ1n) is 8.01. The van der Waals surface area contributed by atoms with E-state index in [9.17, 15) is 13.2 Å². The number of carbonyl (C=O) groups excluding carboxylic acids is 1. The molecule has 2 aromatic carbocycles. The summed E-state index contributed by atoms with van der Waals surface area (Å²) in [7, 11) is -1.89. The lowest BCUT2D eigenvalue weighted by molar-refractivity contribution is -0.128. The first kappa shape index (κ1) is 19.0. The Balaban J connectivity index is 2.19. The summed E-state index contributed by atoms with van der Waals surface area (Å²) in [4.78, 5) is 14.1. The molecule has 0 fully saturated rings. The third-order valence-corrected chi connectivity index (χ3v) is 5.29. The number of amides is 1. The van der Waals surface area contributed by atoms with E-state index >= 15 is 0 Å². The molecule has 0 atom stereocenters. The zero-order chi connectivity index (χ0) is 18.6. The van der Waals surface area contributed by atoms with E-state index in [-0.39, 0.29) is 12.5 Å². The van der Waals surface area contributed by atoms with Crippen LogP contribution in [0, 0.1) is 13.8 Å². The molecule has 0 spiro atoms. The van der Waals surface area contributed by atoms with E-state index < -0.39 is 10.0 Å². The Hall–Kier alpha value is -2.34. The second-order valence-electron chi connectivity index (χ2n) is 6.27. The maximum atomic E-state index is 12.5. The zero-order valence-electron chi connectivity index (χ0n) is 15.1. The normalized spacial score (nSPS) is 11.2. The number of benzene rings is 2. The highest BCUT2D eigenvalue weighted by Crippen LogP contribution is 2.21. The standard InChI is InChI=1S/C19H24N2O3S/c1-15-10-11-18(12-16(15)2)21(25(4,23)24)14-19(22)20(3)13-17-8-6-5-7-9-17/h5-12H,13-14H2,1-4H3. The van der Waals surface area contributed by atoms with Crippen LogP contribution in [0.3, 0.4) is 0 Å². The Bertz CT molecular complexity index is 848. The fourth-order valence-corrected chi connectivity index (χ4v) is 3.31. The number of anilines is 1. The molecule has 0 bridgehead atoms. The largest absolute Gasteiger partial charge is 0.340 e. The van der Waals surface area contributed by atoms with Gasteiger partial charge in [0.1, 0.15) is 6.54 Å². The van der Waals surface area contributed by atoms with Gasteiger partial charge in [-0.2, -0.15) is 0 Å². The van der Waals surface area contributed by atoms with Crippen LogP contribution in [0.1, 0.15) is 16.7 Å². The summed E-state index contributed by atoms with van der Waals surface area (Å²) in [5.74, 6) is -0.257.